The van der Waals surface area contributed by atoms with Crippen molar-refractivity contribution in [2.45, 2.75) is 10.6 Å². The minimum atomic E-state index is -3.55. The highest BCUT2D eigenvalue weighted by atomic mass is 32.2. The molecule has 0 amide bonds. The zero-order valence-corrected chi connectivity index (χ0v) is 13.7. The Morgan fingerprint density at radius 3 is 2.55 bits per heavy atom. The highest BCUT2D eigenvalue weighted by Gasteiger charge is 2.31. The molecule has 114 valence electrons. The Bertz CT molecular complexity index is 650. The van der Waals surface area contributed by atoms with Crippen LogP contribution in [0.5, 0.6) is 0 Å². The number of hydrogen-bond donors (Lipinski definition) is 1. The molecule has 1 aromatic heterocycles. The van der Waals surface area contributed by atoms with Gasteiger partial charge in [0, 0.05) is 18.0 Å². The zero-order valence-electron chi connectivity index (χ0n) is 11.2. The minimum absolute atomic E-state index is 0.0500. The molecule has 0 atom stereocenters. The Balaban J connectivity index is 2.12. The Labute approximate surface area is 123 Å². The molecule has 6 nitrogen and oxygen atoms in total. The molecule has 1 aliphatic heterocycles. The molecule has 1 fully saturated rings. The first-order chi connectivity index (χ1) is 9.35. The lowest BCUT2D eigenvalue weighted by Gasteiger charge is -2.25. The summed E-state index contributed by atoms with van der Waals surface area (Å²) in [5, 5.41) is 3.02. The molecule has 9 heteroatoms. The molecule has 1 N–H and O–H groups in total. The van der Waals surface area contributed by atoms with Gasteiger partial charge in [-0.15, -0.1) is 11.3 Å². The van der Waals surface area contributed by atoms with E-state index in [2.05, 4.69) is 5.32 Å². The van der Waals surface area contributed by atoms with Gasteiger partial charge in [0.25, 0.3) is 10.0 Å². The van der Waals surface area contributed by atoms with Crippen LogP contribution in [-0.2, 0) is 26.3 Å². The molecular weight excluding hydrogens is 320 g/mol. The summed E-state index contributed by atoms with van der Waals surface area (Å²) in [6.45, 7) is 0.894. The summed E-state index contributed by atoms with van der Waals surface area (Å²) < 4.78 is 49.1. The van der Waals surface area contributed by atoms with Crippen molar-refractivity contribution in [2.24, 2.45) is 0 Å². The molecular formula is C11H18N2O4S3. The van der Waals surface area contributed by atoms with Crippen molar-refractivity contribution in [3.05, 3.63) is 17.0 Å². The summed E-state index contributed by atoms with van der Waals surface area (Å²) in [5.41, 5.74) is 0. The van der Waals surface area contributed by atoms with Crippen molar-refractivity contribution < 1.29 is 16.8 Å². The Morgan fingerprint density at radius 1 is 1.30 bits per heavy atom. The third-order valence-electron chi connectivity index (χ3n) is 3.16. The predicted octanol–water partition coefficient (Wildman–Crippen LogP) is -0.0709. The molecule has 0 unspecified atom stereocenters. The summed E-state index contributed by atoms with van der Waals surface area (Å²) in [7, 11) is -4.78. The van der Waals surface area contributed by atoms with Gasteiger partial charge in [-0.25, -0.2) is 16.8 Å². The molecule has 20 heavy (non-hydrogen) atoms. The van der Waals surface area contributed by atoms with Crippen LogP contribution in [0, 0.1) is 0 Å². The molecule has 2 heterocycles. The topological polar surface area (TPSA) is 83.6 Å². The summed E-state index contributed by atoms with van der Waals surface area (Å²) in [5.74, 6) is -0.186. The van der Waals surface area contributed by atoms with Gasteiger partial charge in [0.1, 0.15) is 4.21 Å². The average Bonchev–Trinajstić information content (AvgIpc) is 2.85. The van der Waals surface area contributed by atoms with Crippen LogP contribution in [0.3, 0.4) is 0 Å². The van der Waals surface area contributed by atoms with Crippen molar-refractivity contribution in [1.82, 2.24) is 9.62 Å². The molecule has 0 bridgehead atoms. The fourth-order valence-electron chi connectivity index (χ4n) is 1.94. The largest absolute Gasteiger partial charge is 0.319 e. The lowest BCUT2D eigenvalue weighted by Crippen LogP contribution is -2.43. The van der Waals surface area contributed by atoms with Crippen molar-refractivity contribution >= 4 is 31.2 Å². The van der Waals surface area contributed by atoms with Gasteiger partial charge in [-0.1, -0.05) is 0 Å². The number of nitrogens with zero attached hydrogens (tertiary/aromatic N) is 1. The van der Waals surface area contributed by atoms with Gasteiger partial charge in [0.2, 0.25) is 0 Å². The second-order valence-electron chi connectivity index (χ2n) is 4.63. The molecule has 1 saturated heterocycles. The molecule has 0 saturated carbocycles. The number of nitrogens with one attached hydrogen (secondary N) is 1. The summed E-state index contributed by atoms with van der Waals surface area (Å²) in [6.07, 6.45) is 0.783. The fourth-order valence-corrected chi connectivity index (χ4v) is 6.33. The van der Waals surface area contributed by atoms with Gasteiger partial charge >= 0.3 is 0 Å². The highest BCUT2D eigenvalue weighted by Crippen LogP contribution is 2.26. The van der Waals surface area contributed by atoms with Crippen molar-refractivity contribution in [2.75, 3.05) is 38.2 Å². The van der Waals surface area contributed by atoms with E-state index in [4.69, 9.17) is 0 Å². The second-order valence-corrected chi connectivity index (χ2v) is 10.3. The van der Waals surface area contributed by atoms with E-state index in [9.17, 15) is 16.8 Å². The maximum absolute atomic E-state index is 12.4. The molecule has 1 aromatic rings. The Hall–Kier alpha value is -0.480. The average molecular weight is 338 g/mol. The minimum Gasteiger partial charge on any atom is -0.319 e. The highest BCUT2D eigenvalue weighted by molar-refractivity contribution is 7.92. The summed E-state index contributed by atoms with van der Waals surface area (Å²) >= 11 is 1.25. The van der Waals surface area contributed by atoms with E-state index in [1.165, 1.54) is 15.6 Å². The van der Waals surface area contributed by atoms with E-state index in [1.807, 2.05) is 13.1 Å². The summed E-state index contributed by atoms with van der Waals surface area (Å²) in [4.78, 5) is 1.00. The number of hydrogen-bond acceptors (Lipinski definition) is 6. The van der Waals surface area contributed by atoms with Crippen LogP contribution in [0.15, 0.2) is 16.3 Å². The summed E-state index contributed by atoms with van der Waals surface area (Å²) in [6, 6.07) is 3.42. The van der Waals surface area contributed by atoms with E-state index in [-0.39, 0.29) is 24.6 Å². The van der Waals surface area contributed by atoms with Crippen LogP contribution in [0.2, 0.25) is 0 Å². The van der Waals surface area contributed by atoms with E-state index in [0.717, 1.165) is 17.8 Å². The number of rotatable bonds is 5. The van der Waals surface area contributed by atoms with Gasteiger partial charge in [0.15, 0.2) is 9.84 Å². The van der Waals surface area contributed by atoms with Crippen LogP contribution in [0.25, 0.3) is 0 Å². The normalized spacial score (nSPS) is 20.1. The maximum atomic E-state index is 12.4. The number of thiophene rings is 1. The van der Waals surface area contributed by atoms with E-state index >= 15 is 0 Å². The van der Waals surface area contributed by atoms with Crippen LogP contribution >= 0.6 is 11.3 Å². The van der Waals surface area contributed by atoms with Gasteiger partial charge in [-0.2, -0.15) is 4.31 Å². The maximum Gasteiger partial charge on any atom is 0.252 e. The third-order valence-corrected chi connectivity index (χ3v) is 8.28. The van der Waals surface area contributed by atoms with E-state index < -0.39 is 19.9 Å². The first kappa shape index (κ1) is 15.9. The molecule has 2 rings (SSSR count). The first-order valence-corrected chi connectivity index (χ1v) is 10.4. The smallest absolute Gasteiger partial charge is 0.252 e. The second kappa shape index (κ2) is 6.10. The Kier molecular flexibility index (Phi) is 4.85. The molecule has 0 spiro atoms. The van der Waals surface area contributed by atoms with Crippen molar-refractivity contribution in [1.29, 1.82) is 0 Å². The van der Waals surface area contributed by atoms with Gasteiger partial charge in [-0.3, -0.25) is 0 Å². The van der Waals surface area contributed by atoms with Crippen molar-refractivity contribution in [3.8, 4) is 0 Å². The van der Waals surface area contributed by atoms with Gasteiger partial charge in [0.05, 0.1) is 11.5 Å². The lowest BCUT2D eigenvalue weighted by atomic mass is 10.3. The van der Waals surface area contributed by atoms with E-state index in [1.54, 1.807) is 6.07 Å². The number of sulfone groups is 1. The van der Waals surface area contributed by atoms with Crippen LogP contribution in [0.4, 0.5) is 0 Å². The van der Waals surface area contributed by atoms with E-state index in [0.29, 0.717) is 4.21 Å². The number of likely N-dealkylation sites (N-methyl/N-ethyl adjacent to an activating group) is 1. The monoisotopic (exact) mass is 338 g/mol. The Morgan fingerprint density at radius 2 is 1.95 bits per heavy atom. The van der Waals surface area contributed by atoms with Crippen molar-refractivity contribution in [3.63, 3.8) is 0 Å². The molecule has 0 aromatic carbocycles. The van der Waals surface area contributed by atoms with Gasteiger partial charge in [-0.05, 0) is 32.1 Å². The molecule has 0 radical (unpaired) electrons. The number of sulfonamides is 1. The first-order valence-electron chi connectivity index (χ1n) is 6.29. The van der Waals surface area contributed by atoms with Crippen LogP contribution in [0.1, 0.15) is 4.88 Å². The van der Waals surface area contributed by atoms with Gasteiger partial charge < -0.3 is 5.32 Å². The quantitative estimate of drug-likeness (QED) is 0.812. The molecule has 1 aliphatic rings. The lowest BCUT2D eigenvalue weighted by molar-refractivity contribution is 0.432. The van der Waals surface area contributed by atoms with Crippen LogP contribution < -0.4 is 5.32 Å². The third kappa shape index (κ3) is 3.59. The zero-order chi connectivity index (χ0) is 14.8. The predicted molar refractivity (Wildman–Crippen MR) is 79.4 cm³/mol. The fraction of sp³-hybridized carbons (Fsp3) is 0.636. The van der Waals surface area contributed by atoms with Crippen LogP contribution in [-0.4, -0.2) is 59.3 Å². The SMILES string of the molecule is CNCCc1ccc(S(=O)(=O)N2CCS(=O)(=O)CC2)s1. The molecule has 0 aliphatic carbocycles. The standard InChI is InChI=1S/C11H18N2O4S3/c1-12-5-4-10-2-3-11(18-10)20(16,17)13-6-8-19(14,15)9-7-13/h2-3,12H,4-9H2,1H3.